The number of methoxy groups -OCH3 is 1. The molecule has 0 saturated heterocycles. The van der Waals surface area contributed by atoms with Gasteiger partial charge in [-0.1, -0.05) is 12.1 Å². The van der Waals surface area contributed by atoms with Gasteiger partial charge in [0.1, 0.15) is 5.75 Å². The first-order valence-corrected chi connectivity index (χ1v) is 10.1. The van der Waals surface area contributed by atoms with Crippen LogP contribution in [0.2, 0.25) is 0 Å². The van der Waals surface area contributed by atoms with Gasteiger partial charge >= 0.3 is 0 Å². The van der Waals surface area contributed by atoms with Gasteiger partial charge < -0.3 is 4.74 Å². The zero-order chi connectivity index (χ0) is 19.6. The van der Waals surface area contributed by atoms with Gasteiger partial charge in [0.25, 0.3) is 0 Å². The van der Waals surface area contributed by atoms with E-state index in [1.807, 2.05) is 24.4 Å². The van der Waals surface area contributed by atoms with Crippen LogP contribution in [0.3, 0.4) is 0 Å². The summed E-state index contributed by atoms with van der Waals surface area (Å²) in [4.78, 5) is 9.37. The Morgan fingerprint density at radius 1 is 1.32 bits per heavy atom. The quantitative estimate of drug-likeness (QED) is 0.714. The average Bonchev–Trinajstić information content (AvgIpc) is 2.74. The molecule has 4 rings (SSSR count). The summed E-state index contributed by atoms with van der Waals surface area (Å²) in [7, 11) is 1.72. The van der Waals surface area contributed by atoms with Gasteiger partial charge in [0.2, 0.25) is 0 Å². The first-order chi connectivity index (χ1) is 13.6. The minimum Gasteiger partial charge on any atom is -0.497 e. The number of aryl methyl sites for hydroxylation is 1. The highest BCUT2D eigenvalue weighted by Crippen LogP contribution is 2.53. The molecular formula is C24H27N3O. The minimum absolute atomic E-state index is 0.210. The lowest BCUT2D eigenvalue weighted by atomic mass is 9.57. The molecule has 0 bridgehead atoms. The van der Waals surface area contributed by atoms with E-state index in [1.54, 1.807) is 13.3 Å². The van der Waals surface area contributed by atoms with Crippen molar-refractivity contribution in [2.75, 3.05) is 7.11 Å². The van der Waals surface area contributed by atoms with Crippen molar-refractivity contribution in [1.82, 2.24) is 4.98 Å². The number of aliphatic imine (C=N–C) groups is 1. The number of hydrogen-bond acceptors (Lipinski definition) is 4. The fourth-order valence-electron chi connectivity index (χ4n) is 5.28. The predicted molar refractivity (Wildman–Crippen MR) is 111 cm³/mol. The van der Waals surface area contributed by atoms with Crippen LogP contribution in [-0.2, 0) is 6.42 Å². The Morgan fingerprint density at radius 2 is 2.21 bits per heavy atom. The molecule has 28 heavy (non-hydrogen) atoms. The highest BCUT2D eigenvalue weighted by Gasteiger charge is 2.48. The maximum absolute atomic E-state index is 9.56. The molecule has 4 atom stereocenters. The number of rotatable bonds is 4. The molecule has 4 nitrogen and oxygen atoms in total. The molecule has 0 unspecified atom stereocenters. The van der Waals surface area contributed by atoms with E-state index in [0.29, 0.717) is 18.3 Å². The zero-order valence-electron chi connectivity index (χ0n) is 16.6. The number of aromatic nitrogens is 1. The Morgan fingerprint density at radius 3 is 2.96 bits per heavy atom. The standard InChI is InChI=1S/C24H27N3O/c1-24(27-16-18-5-3-4-14-26-18)12-10-21-20-9-7-19(28-2)15-17(20)6-8-22(21)23(24)11-13-25/h3-5,7,9,14-16,21-23H,6,8,10-12H2,1-2H3/t21-,22-,23+,24+/m1/s1. The summed E-state index contributed by atoms with van der Waals surface area (Å²) in [5.74, 6) is 2.23. The molecule has 4 heteroatoms. The number of nitrogens with zero attached hydrogens (tertiary/aromatic N) is 3. The van der Waals surface area contributed by atoms with Crippen molar-refractivity contribution in [3.8, 4) is 11.8 Å². The Balaban J connectivity index is 1.63. The van der Waals surface area contributed by atoms with Gasteiger partial charge in [-0.15, -0.1) is 0 Å². The van der Waals surface area contributed by atoms with Gasteiger partial charge in [0.15, 0.2) is 0 Å². The van der Waals surface area contributed by atoms with Gasteiger partial charge in [0.05, 0.1) is 24.4 Å². The van der Waals surface area contributed by atoms with Gasteiger partial charge in [-0.2, -0.15) is 5.26 Å². The van der Waals surface area contributed by atoms with Crippen LogP contribution >= 0.6 is 0 Å². The second-order valence-electron chi connectivity index (χ2n) is 8.25. The smallest absolute Gasteiger partial charge is 0.119 e. The normalized spacial score (nSPS) is 29.0. The van der Waals surface area contributed by atoms with Crippen molar-refractivity contribution in [3.63, 3.8) is 0 Å². The molecule has 1 fully saturated rings. The van der Waals surface area contributed by atoms with Crippen molar-refractivity contribution in [2.24, 2.45) is 16.8 Å². The van der Waals surface area contributed by atoms with E-state index in [4.69, 9.17) is 9.73 Å². The summed E-state index contributed by atoms with van der Waals surface area (Å²) >= 11 is 0. The number of nitriles is 1. The van der Waals surface area contributed by atoms with E-state index in [2.05, 4.69) is 36.2 Å². The van der Waals surface area contributed by atoms with Crippen molar-refractivity contribution >= 4 is 6.21 Å². The van der Waals surface area contributed by atoms with E-state index < -0.39 is 0 Å². The molecule has 1 saturated carbocycles. The predicted octanol–water partition coefficient (Wildman–Crippen LogP) is 4.94. The summed E-state index contributed by atoms with van der Waals surface area (Å²) in [6, 6.07) is 14.8. The maximum atomic E-state index is 9.56. The van der Waals surface area contributed by atoms with Crippen LogP contribution in [0, 0.1) is 23.2 Å². The maximum Gasteiger partial charge on any atom is 0.119 e. The molecule has 1 aromatic heterocycles. The lowest BCUT2D eigenvalue weighted by Gasteiger charge is -2.49. The summed E-state index contributed by atoms with van der Waals surface area (Å²) < 4.78 is 5.41. The number of pyridine rings is 1. The third-order valence-electron chi connectivity index (χ3n) is 6.78. The zero-order valence-corrected chi connectivity index (χ0v) is 16.6. The SMILES string of the molecule is COc1ccc2c(c1)CC[C@@H]1[C@@H]2CC[C@](C)(N=Cc2ccccn2)[C@H]1CC#N. The Hall–Kier alpha value is -2.67. The Kier molecular flexibility index (Phi) is 5.17. The molecule has 2 aromatic rings. The molecule has 1 aromatic carbocycles. The lowest BCUT2D eigenvalue weighted by Crippen LogP contribution is -2.46. The molecule has 0 radical (unpaired) electrons. The van der Waals surface area contributed by atoms with Crippen LogP contribution in [0.5, 0.6) is 5.75 Å². The number of ether oxygens (including phenoxy) is 1. The first kappa shape index (κ1) is 18.7. The highest BCUT2D eigenvalue weighted by molar-refractivity contribution is 5.77. The van der Waals surface area contributed by atoms with Crippen molar-refractivity contribution in [3.05, 3.63) is 59.4 Å². The van der Waals surface area contributed by atoms with Gasteiger partial charge in [0, 0.05) is 24.8 Å². The second-order valence-corrected chi connectivity index (χ2v) is 8.25. The van der Waals surface area contributed by atoms with Crippen LogP contribution in [0.25, 0.3) is 0 Å². The summed E-state index contributed by atoms with van der Waals surface area (Å²) in [6.07, 6.45) is 8.52. The fraction of sp³-hybridized carbons (Fsp3) is 0.458. The number of fused-ring (bicyclic) bond motifs is 3. The summed E-state index contributed by atoms with van der Waals surface area (Å²) in [5.41, 5.74) is 3.54. The number of hydrogen-bond donors (Lipinski definition) is 0. The third kappa shape index (κ3) is 3.42. The topological polar surface area (TPSA) is 58.3 Å². The molecule has 2 aliphatic rings. The van der Waals surface area contributed by atoms with Crippen molar-refractivity contribution < 1.29 is 4.74 Å². The highest BCUT2D eigenvalue weighted by atomic mass is 16.5. The van der Waals surface area contributed by atoms with Crippen LogP contribution in [0.15, 0.2) is 47.6 Å². The van der Waals surface area contributed by atoms with E-state index in [1.165, 1.54) is 11.1 Å². The van der Waals surface area contributed by atoms with Crippen LogP contribution in [0.1, 0.15) is 55.3 Å². The van der Waals surface area contributed by atoms with Crippen LogP contribution in [0.4, 0.5) is 0 Å². The molecule has 144 valence electrons. The molecule has 0 spiro atoms. The van der Waals surface area contributed by atoms with Crippen molar-refractivity contribution in [1.29, 1.82) is 5.26 Å². The minimum atomic E-state index is -0.210. The van der Waals surface area contributed by atoms with Crippen LogP contribution < -0.4 is 4.74 Å². The van der Waals surface area contributed by atoms with Gasteiger partial charge in [-0.25, -0.2) is 0 Å². The van der Waals surface area contributed by atoms with Gasteiger partial charge in [-0.3, -0.25) is 9.98 Å². The molecular weight excluding hydrogens is 346 g/mol. The molecule has 0 amide bonds. The Bertz CT molecular complexity index is 902. The van der Waals surface area contributed by atoms with E-state index in [-0.39, 0.29) is 11.5 Å². The lowest BCUT2D eigenvalue weighted by molar-refractivity contribution is 0.101. The monoisotopic (exact) mass is 373 g/mol. The van der Waals surface area contributed by atoms with E-state index in [9.17, 15) is 5.26 Å². The average molecular weight is 374 g/mol. The molecule has 0 aliphatic heterocycles. The van der Waals surface area contributed by atoms with E-state index >= 15 is 0 Å². The second kappa shape index (κ2) is 7.75. The summed E-state index contributed by atoms with van der Waals surface area (Å²) in [6.45, 7) is 2.23. The van der Waals surface area contributed by atoms with E-state index in [0.717, 1.165) is 37.1 Å². The third-order valence-corrected chi connectivity index (χ3v) is 6.78. The molecule has 0 N–H and O–H groups in total. The van der Waals surface area contributed by atoms with Crippen molar-refractivity contribution in [2.45, 2.75) is 50.5 Å². The molecule has 1 heterocycles. The molecule has 2 aliphatic carbocycles. The van der Waals surface area contributed by atoms with Crippen LogP contribution in [-0.4, -0.2) is 23.8 Å². The fourth-order valence-corrected chi connectivity index (χ4v) is 5.28. The number of benzene rings is 1. The van der Waals surface area contributed by atoms with Gasteiger partial charge in [-0.05, 0) is 79.8 Å². The Labute approximate surface area is 167 Å². The first-order valence-electron chi connectivity index (χ1n) is 10.1. The largest absolute Gasteiger partial charge is 0.497 e. The summed E-state index contributed by atoms with van der Waals surface area (Å²) in [5, 5.41) is 9.56.